The monoisotopic (exact) mass is 485 g/mol. The molecule has 4 rings (SSSR count). The number of fused-ring (bicyclic) bond motifs is 1. The maximum atomic E-state index is 13.5. The highest BCUT2D eigenvalue weighted by Gasteiger charge is 2.28. The van der Waals surface area contributed by atoms with Crippen molar-refractivity contribution < 1.29 is 18.7 Å². The van der Waals surface area contributed by atoms with E-state index in [0.717, 1.165) is 0 Å². The number of carbonyl (C=O) groups is 2. The molecule has 178 valence electrons. The van der Waals surface area contributed by atoms with Gasteiger partial charge in [-0.05, 0) is 43.2 Å². The molecular weight excluding hydrogens is 461 g/mol. The fraction of sp³-hybridized carbons (Fsp3) is 0.333. The minimum Gasteiger partial charge on any atom is -0.373 e. The number of nitrogens with one attached hydrogen (secondary N) is 2. The van der Waals surface area contributed by atoms with Crippen LogP contribution < -0.4 is 10.6 Å². The quantitative estimate of drug-likeness (QED) is 0.527. The van der Waals surface area contributed by atoms with Crippen LogP contribution in [-0.2, 0) is 17.9 Å². The van der Waals surface area contributed by atoms with E-state index < -0.39 is 17.9 Å². The SMILES string of the molecule is CCC(NC(=O)c1cc(C(=O)NC(C)c2ncccn2)n2c1COCC2)c1ccc(F)cc1Cl. The first kappa shape index (κ1) is 23.8. The number of carbonyl (C=O) groups excluding carboxylic acids is 2. The first-order valence-electron chi connectivity index (χ1n) is 11.0. The summed E-state index contributed by atoms with van der Waals surface area (Å²) in [5.74, 6) is -0.653. The third-order valence-electron chi connectivity index (χ3n) is 5.76. The van der Waals surface area contributed by atoms with Crippen molar-refractivity contribution in [3.05, 3.63) is 81.9 Å². The van der Waals surface area contributed by atoms with Crippen molar-refractivity contribution in [2.75, 3.05) is 6.61 Å². The number of nitrogens with zero attached hydrogens (tertiary/aromatic N) is 3. The van der Waals surface area contributed by atoms with Gasteiger partial charge in [0.1, 0.15) is 17.3 Å². The molecule has 0 spiro atoms. The molecule has 0 saturated heterocycles. The van der Waals surface area contributed by atoms with Gasteiger partial charge in [-0.3, -0.25) is 9.59 Å². The minimum absolute atomic E-state index is 0.210. The van der Waals surface area contributed by atoms with Gasteiger partial charge in [0.05, 0.1) is 36.6 Å². The highest BCUT2D eigenvalue weighted by atomic mass is 35.5. The van der Waals surface area contributed by atoms with Crippen LogP contribution in [0.5, 0.6) is 0 Å². The summed E-state index contributed by atoms with van der Waals surface area (Å²) in [5.41, 5.74) is 1.96. The zero-order valence-electron chi connectivity index (χ0n) is 18.8. The summed E-state index contributed by atoms with van der Waals surface area (Å²) in [7, 11) is 0. The van der Waals surface area contributed by atoms with Gasteiger partial charge in [-0.25, -0.2) is 14.4 Å². The molecule has 1 aliphatic rings. The topological polar surface area (TPSA) is 98.1 Å². The van der Waals surface area contributed by atoms with Gasteiger partial charge in [-0.1, -0.05) is 24.6 Å². The average molecular weight is 486 g/mol. The smallest absolute Gasteiger partial charge is 0.268 e. The molecule has 0 aliphatic carbocycles. The number of benzene rings is 1. The Balaban J connectivity index is 1.58. The summed E-state index contributed by atoms with van der Waals surface area (Å²) < 4.78 is 20.8. The number of rotatable bonds is 7. The van der Waals surface area contributed by atoms with E-state index in [1.54, 1.807) is 42.1 Å². The van der Waals surface area contributed by atoms with Crippen LogP contribution >= 0.6 is 11.6 Å². The van der Waals surface area contributed by atoms with Gasteiger partial charge >= 0.3 is 0 Å². The van der Waals surface area contributed by atoms with E-state index in [2.05, 4.69) is 20.6 Å². The van der Waals surface area contributed by atoms with Gasteiger partial charge in [0.2, 0.25) is 0 Å². The van der Waals surface area contributed by atoms with Crippen LogP contribution in [0.15, 0.2) is 42.7 Å². The number of hydrogen-bond acceptors (Lipinski definition) is 5. The lowest BCUT2D eigenvalue weighted by molar-refractivity contribution is 0.0774. The minimum atomic E-state index is -0.445. The Hall–Kier alpha value is -3.30. The molecule has 2 amide bonds. The highest BCUT2D eigenvalue weighted by molar-refractivity contribution is 6.31. The largest absolute Gasteiger partial charge is 0.373 e. The maximum absolute atomic E-state index is 13.5. The van der Waals surface area contributed by atoms with Crippen LogP contribution in [-0.4, -0.2) is 33.0 Å². The zero-order valence-corrected chi connectivity index (χ0v) is 19.6. The van der Waals surface area contributed by atoms with Gasteiger partial charge in [-0.15, -0.1) is 0 Å². The van der Waals surface area contributed by atoms with E-state index in [0.29, 0.717) is 47.9 Å². The molecule has 0 fully saturated rings. The van der Waals surface area contributed by atoms with Crippen LogP contribution in [0.3, 0.4) is 0 Å². The lowest BCUT2D eigenvalue weighted by Crippen LogP contribution is -2.31. The standard InChI is InChI=1S/C24H25ClFN5O3/c1-3-19(16-6-5-15(26)11-18(16)25)30-23(32)17-12-20(31-9-10-34-13-21(17)31)24(33)29-14(2)22-27-7-4-8-28-22/h4-8,11-12,14,19H,3,9-10,13H2,1-2H3,(H,29,33)(H,30,32). The summed E-state index contributed by atoms with van der Waals surface area (Å²) in [6.45, 7) is 4.78. The predicted octanol–water partition coefficient (Wildman–Crippen LogP) is 3.97. The average Bonchev–Trinajstić information content (AvgIpc) is 3.23. The molecule has 0 saturated carbocycles. The Kier molecular flexibility index (Phi) is 7.23. The lowest BCUT2D eigenvalue weighted by Gasteiger charge is -2.21. The molecule has 3 aromatic rings. The van der Waals surface area contributed by atoms with Crippen molar-refractivity contribution >= 4 is 23.4 Å². The van der Waals surface area contributed by atoms with Crippen molar-refractivity contribution in [2.24, 2.45) is 0 Å². The second-order valence-corrected chi connectivity index (χ2v) is 8.40. The predicted molar refractivity (Wildman–Crippen MR) is 124 cm³/mol. The third-order valence-corrected chi connectivity index (χ3v) is 6.08. The number of aromatic nitrogens is 3. The summed E-state index contributed by atoms with van der Waals surface area (Å²) in [6.07, 6.45) is 3.77. The summed E-state index contributed by atoms with van der Waals surface area (Å²) in [5, 5.41) is 6.10. The summed E-state index contributed by atoms with van der Waals surface area (Å²) in [4.78, 5) is 34.7. The van der Waals surface area contributed by atoms with E-state index in [-0.39, 0.29) is 23.4 Å². The van der Waals surface area contributed by atoms with Crippen molar-refractivity contribution in [1.82, 2.24) is 25.2 Å². The molecule has 3 heterocycles. The molecule has 0 radical (unpaired) electrons. The number of hydrogen-bond donors (Lipinski definition) is 2. The molecule has 1 aromatic carbocycles. The Morgan fingerprint density at radius 3 is 2.68 bits per heavy atom. The van der Waals surface area contributed by atoms with Crippen LogP contribution in [0.25, 0.3) is 0 Å². The van der Waals surface area contributed by atoms with Crippen LogP contribution in [0.4, 0.5) is 4.39 Å². The third kappa shape index (κ3) is 4.95. The molecule has 8 nitrogen and oxygen atoms in total. The molecule has 2 unspecified atom stereocenters. The molecule has 2 N–H and O–H groups in total. The van der Waals surface area contributed by atoms with E-state index in [4.69, 9.17) is 16.3 Å². The first-order valence-corrected chi connectivity index (χ1v) is 11.4. The number of ether oxygens (including phenoxy) is 1. The number of amides is 2. The molecule has 2 aromatic heterocycles. The van der Waals surface area contributed by atoms with E-state index in [9.17, 15) is 14.0 Å². The van der Waals surface area contributed by atoms with Gasteiger partial charge in [0.15, 0.2) is 0 Å². The van der Waals surface area contributed by atoms with Crippen LogP contribution in [0, 0.1) is 5.82 Å². The molecule has 0 bridgehead atoms. The van der Waals surface area contributed by atoms with Gasteiger partial charge < -0.3 is 19.9 Å². The summed E-state index contributed by atoms with van der Waals surface area (Å²) >= 11 is 6.21. The van der Waals surface area contributed by atoms with Crippen LogP contribution in [0.1, 0.15) is 70.3 Å². The van der Waals surface area contributed by atoms with Crippen molar-refractivity contribution in [2.45, 2.75) is 45.5 Å². The van der Waals surface area contributed by atoms with Crippen molar-refractivity contribution in [3.8, 4) is 0 Å². The Labute approximate surface area is 201 Å². The van der Waals surface area contributed by atoms with Crippen molar-refractivity contribution in [1.29, 1.82) is 0 Å². The highest BCUT2D eigenvalue weighted by Crippen LogP contribution is 2.28. The second-order valence-electron chi connectivity index (χ2n) is 8.00. The maximum Gasteiger partial charge on any atom is 0.268 e. The molecule has 34 heavy (non-hydrogen) atoms. The van der Waals surface area contributed by atoms with Gasteiger partial charge in [-0.2, -0.15) is 0 Å². The number of halogens is 2. The lowest BCUT2D eigenvalue weighted by atomic mass is 10.0. The van der Waals surface area contributed by atoms with Crippen LogP contribution in [0.2, 0.25) is 5.02 Å². The van der Waals surface area contributed by atoms with E-state index in [1.165, 1.54) is 12.1 Å². The van der Waals surface area contributed by atoms with E-state index in [1.807, 2.05) is 6.92 Å². The van der Waals surface area contributed by atoms with E-state index >= 15 is 0 Å². The first-order chi connectivity index (χ1) is 16.4. The Morgan fingerprint density at radius 2 is 1.97 bits per heavy atom. The fourth-order valence-electron chi connectivity index (χ4n) is 4.00. The summed E-state index contributed by atoms with van der Waals surface area (Å²) in [6, 6.07) is 6.54. The second kappa shape index (κ2) is 10.3. The molecule has 1 aliphatic heterocycles. The molecule has 2 atom stereocenters. The molecular formula is C24H25ClFN5O3. The normalized spacial score (nSPS) is 14.7. The Morgan fingerprint density at radius 1 is 1.21 bits per heavy atom. The Bertz CT molecular complexity index is 1200. The van der Waals surface area contributed by atoms with Gasteiger partial charge in [0, 0.05) is 24.0 Å². The van der Waals surface area contributed by atoms with Gasteiger partial charge in [0.25, 0.3) is 11.8 Å². The zero-order chi connectivity index (χ0) is 24.2. The fourth-order valence-corrected chi connectivity index (χ4v) is 4.30. The van der Waals surface area contributed by atoms with Crippen molar-refractivity contribution in [3.63, 3.8) is 0 Å². The molecule has 10 heteroatoms.